The fraction of sp³-hybridized carbons (Fsp3) is 0.500. The van der Waals surface area contributed by atoms with E-state index in [0.29, 0.717) is 13.0 Å². The van der Waals surface area contributed by atoms with E-state index in [1.807, 2.05) is 12.1 Å². The molecule has 0 spiro atoms. The van der Waals surface area contributed by atoms with E-state index in [1.54, 1.807) is 0 Å². The van der Waals surface area contributed by atoms with Crippen LogP contribution in [-0.4, -0.2) is 18.6 Å². The Morgan fingerprint density at radius 2 is 2.06 bits per heavy atom. The molecular weight excluding hydrogens is 294 g/mol. The van der Waals surface area contributed by atoms with E-state index in [-0.39, 0.29) is 12.0 Å². The Morgan fingerprint density at radius 3 is 2.67 bits per heavy atom. The van der Waals surface area contributed by atoms with Crippen molar-refractivity contribution in [1.29, 1.82) is 0 Å². The molecule has 1 saturated heterocycles. The second-order valence-corrected chi connectivity index (χ2v) is 5.13. The zero-order valence-electron chi connectivity index (χ0n) is 10.3. The van der Waals surface area contributed by atoms with Crippen LogP contribution in [0.4, 0.5) is 0 Å². The molecule has 1 atom stereocenters. The number of ether oxygens (including phenoxy) is 1. The summed E-state index contributed by atoms with van der Waals surface area (Å²) in [5.41, 5.74) is 2.37. The number of halogens is 1. The highest BCUT2D eigenvalue weighted by molar-refractivity contribution is 9.08. The Balaban J connectivity index is 1.74. The smallest absolute Gasteiger partial charge is 0.222 e. The summed E-state index contributed by atoms with van der Waals surface area (Å²) in [6.07, 6.45) is 2.69. The third-order valence-electron chi connectivity index (χ3n) is 3.10. The van der Waals surface area contributed by atoms with Gasteiger partial charge in [0.15, 0.2) is 0 Å². The Hall–Kier alpha value is -0.870. The number of alkyl halides is 1. The van der Waals surface area contributed by atoms with Crippen LogP contribution >= 0.6 is 15.9 Å². The van der Waals surface area contributed by atoms with E-state index in [4.69, 9.17) is 4.74 Å². The molecule has 2 rings (SSSR count). The van der Waals surface area contributed by atoms with Crippen molar-refractivity contribution >= 4 is 21.8 Å². The number of rotatable bonds is 5. The van der Waals surface area contributed by atoms with Crippen LogP contribution < -0.4 is 5.32 Å². The number of nitrogens with one attached hydrogen (secondary N) is 1. The Bertz CT molecular complexity index is 385. The third-order valence-corrected chi connectivity index (χ3v) is 3.75. The molecule has 0 radical (unpaired) electrons. The highest BCUT2D eigenvalue weighted by Crippen LogP contribution is 2.15. The number of amides is 1. The lowest BCUT2D eigenvalue weighted by atomic mass is 10.1. The van der Waals surface area contributed by atoms with Gasteiger partial charge in [0.25, 0.3) is 0 Å². The maximum Gasteiger partial charge on any atom is 0.222 e. The fourth-order valence-electron chi connectivity index (χ4n) is 2.03. The molecule has 1 N–H and O–H groups in total. The van der Waals surface area contributed by atoms with Crippen molar-refractivity contribution in [2.24, 2.45) is 0 Å². The highest BCUT2D eigenvalue weighted by Gasteiger charge is 2.18. The van der Waals surface area contributed by atoms with E-state index in [2.05, 4.69) is 33.4 Å². The van der Waals surface area contributed by atoms with Crippen LogP contribution in [0.25, 0.3) is 0 Å². The predicted molar refractivity (Wildman–Crippen MR) is 74.5 cm³/mol. The minimum Gasteiger partial charge on any atom is -0.378 e. The van der Waals surface area contributed by atoms with Crippen molar-refractivity contribution in [3.8, 4) is 0 Å². The van der Waals surface area contributed by atoms with Gasteiger partial charge in [-0.3, -0.25) is 4.79 Å². The van der Waals surface area contributed by atoms with Gasteiger partial charge in [-0.25, -0.2) is 0 Å². The summed E-state index contributed by atoms with van der Waals surface area (Å²) >= 11 is 3.41. The summed E-state index contributed by atoms with van der Waals surface area (Å²) in [5.74, 6) is 0.0754. The van der Waals surface area contributed by atoms with Crippen LogP contribution in [-0.2, 0) is 21.4 Å². The topological polar surface area (TPSA) is 38.3 Å². The molecule has 18 heavy (non-hydrogen) atoms. The van der Waals surface area contributed by atoms with Gasteiger partial charge in [-0.05, 0) is 24.0 Å². The van der Waals surface area contributed by atoms with Crippen molar-refractivity contribution in [1.82, 2.24) is 5.32 Å². The van der Waals surface area contributed by atoms with Crippen LogP contribution in [0.15, 0.2) is 24.3 Å². The van der Waals surface area contributed by atoms with Gasteiger partial charge in [0.2, 0.25) is 5.91 Å². The molecule has 98 valence electrons. The molecular formula is C14H18BrNO2. The normalized spacial score (nSPS) is 18.8. The molecule has 1 aliphatic heterocycles. The number of carbonyl (C=O) groups is 1. The molecule has 0 aromatic heterocycles. The fourth-order valence-corrected chi connectivity index (χ4v) is 2.40. The number of hydrogen-bond acceptors (Lipinski definition) is 2. The summed E-state index contributed by atoms with van der Waals surface area (Å²) in [6.45, 7) is 1.39. The van der Waals surface area contributed by atoms with Crippen LogP contribution in [0.2, 0.25) is 0 Å². The molecule has 1 unspecified atom stereocenters. The van der Waals surface area contributed by atoms with E-state index in [9.17, 15) is 4.79 Å². The largest absolute Gasteiger partial charge is 0.378 e. The van der Waals surface area contributed by atoms with E-state index in [0.717, 1.165) is 30.3 Å². The number of benzene rings is 1. The van der Waals surface area contributed by atoms with Crippen molar-refractivity contribution in [2.75, 3.05) is 6.61 Å². The summed E-state index contributed by atoms with van der Waals surface area (Å²) in [6, 6.07) is 8.22. The van der Waals surface area contributed by atoms with Gasteiger partial charge in [-0.15, -0.1) is 0 Å². The standard InChI is InChI=1S/C14H18BrNO2/c15-9-11-3-5-12(6-4-11)10-16-14(17)8-13-2-1-7-18-13/h3-6,13H,1-2,7-10H2,(H,16,17). The first kappa shape index (κ1) is 13.6. The molecule has 1 aromatic carbocycles. The maximum atomic E-state index is 11.7. The Labute approximate surface area is 116 Å². The van der Waals surface area contributed by atoms with Gasteiger partial charge in [-0.2, -0.15) is 0 Å². The minimum absolute atomic E-state index is 0.0754. The van der Waals surface area contributed by atoms with Crippen molar-refractivity contribution < 1.29 is 9.53 Å². The SMILES string of the molecule is O=C(CC1CCCO1)NCc1ccc(CBr)cc1. The van der Waals surface area contributed by atoms with Gasteiger partial charge < -0.3 is 10.1 Å². The third kappa shape index (κ3) is 4.10. The minimum atomic E-state index is 0.0754. The van der Waals surface area contributed by atoms with Gasteiger partial charge >= 0.3 is 0 Å². The molecule has 1 amide bonds. The molecule has 0 aliphatic carbocycles. The second kappa shape index (κ2) is 6.90. The highest BCUT2D eigenvalue weighted by atomic mass is 79.9. The summed E-state index contributed by atoms with van der Waals surface area (Å²) < 4.78 is 5.44. The van der Waals surface area contributed by atoms with Gasteiger partial charge in [0.1, 0.15) is 0 Å². The molecule has 1 fully saturated rings. The maximum absolute atomic E-state index is 11.7. The first-order chi connectivity index (χ1) is 8.78. The number of hydrogen-bond donors (Lipinski definition) is 1. The summed E-state index contributed by atoms with van der Waals surface area (Å²) in [7, 11) is 0. The first-order valence-corrected chi connectivity index (χ1v) is 7.42. The molecule has 3 nitrogen and oxygen atoms in total. The Kier molecular flexibility index (Phi) is 5.20. The lowest BCUT2D eigenvalue weighted by Crippen LogP contribution is -2.26. The molecule has 1 aliphatic rings. The summed E-state index contributed by atoms with van der Waals surface area (Å²) in [5, 5.41) is 3.79. The zero-order valence-corrected chi connectivity index (χ0v) is 11.9. The summed E-state index contributed by atoms with van der Waals surface area (Å²) in [4.78, 5) is 11.7. The second-order valence-electron chi connectivity index (χ2n) is 4.57. The molecule has 0 saturated carbocycles. The lowest BCUT2D eigenvalue weighted by molar-refractivity contribution is -0.123. The van der Waals surface area contributed by atoms with Crippen molar-refractivity contribution in [2.45, 2.75) is 37.2 Å². The van der Waals surface area contributed by atoms with Gasteiger partial charge in [-0.1, -0.05) is 40.2 Å². The average Bonchev–Trinajstić information content (AvgIpc) is 2.90. The van der Waals surface area contributed by atoms with Crippen LogP contribution in [0.1, 0.15) is 30.4 Å². The van der Waals surface area contributed by atoms with Gasteiger partial charge in [0.05, 0.1) is 12.5 Å². The van der Waals surface area contributed by atoms with Crippen LogP contribution in [0.5, 0.6) is 0 Å². The number of carbonyl (C=O) groups excluding carboxylic acids is 1. The van der Waals surface area contributed by atoms with E-state index < -0.39 is 0 Å². The average molecular weight is 312 g/mol. The Morgan fingerprint density at radius 1 is 1.33 bits per heavy atom. The van der Waals surface area contributed by atoms with Crippen LogP contribution in [0, 0.1) is 0 Å². The van der Waals surface area contributed by atoms with Crippen LogP contribution in [0.3, 0.4) is 0 Å². The van der Waals surface area contributed by atoms with Crippen molar-refractivity contribution in [3.05, 3.63) is 35.4 Å². The predicted octanol–water partition coefficient (Wildman–Crippen LogP) is 2.77. The zero-order chi connectivity index (χ0) is 12.8. The molecule has 0 bridgehead atoms. The monoisotopic (exact) mass is 311 g/mol. The first-order valence-electron chi connectivity index (χ1n) is 6.30. The molecule has 1 heterocycles. The quantitative estimate of drug-likeness (QED) is 0.849. The van der Waals surface area contributed by atoms with Gasteiger partial charge in [0, 0.05) is 18.5 Å². The molecule has 4 heteroatoms. The molecule has 1 aromatic rings. The van der Waals surface area contributed by atoms with Crippen molar-refractivity contribution in [3.63, 3.8) is 0 Å². The van der Waals surface area contributed by atoms with E-state index in [1.165, 1.54) is 5.56 Å². The van der Waals surface area contributed by atoms with E-state index >= 15 is 0 Å². The lowest BCUT2D eigenvalue weighted by Gasteiger charge is -2.10.